The Hall–Kier alpha value is -3.35. The maximum absolute atomic E-state index is 11.9. The van der Waals surface area contributed by atoms with E-state index in [-0.39, 0.29) is 24.1 Å². The third-order valence-corrected chi connectivity index (χ3v) is 4.91. The molecule has 2 atom stereocenters. The highest BCUT2D eigenvalue weighted by molar-refractivity contribution is 5.95. The number of amidine groups is 1. The van der Waals surface area contributed by atoms with Crippen molar-refractivity contribution < 1.29 is 19.1 Å². The summed E-state index contributed by atoms with van der Waals surface area (Å²) in [7, 11) is 1.32. The molecule has 1 heterocycles. The second-order valence-corrected chi connectivity index (χ2v) is 6.72. The summed E-state index contributed by atoms with van der Waals surface area (Å²) in [6.07, 6.45) is 0.0611. The lowest BCUT2D eigenvalue weighted by atomic mass is 9.93. The third kappa shape index (κ3) is 4.49. The number of benzene rings is 2. The minimum absolute atomic E-state index is 0.0423. The van der Waals surface area contributed by atoms with Gasteiger partial charge in [0, 0.05) is 18.0 Å². The van der Waals surface area contributed by atoms with Gasteiger partial charge in [0.05, 0.1) is 26.1 Å². The van der Waals surface area contributed by atoms with Gasteiger partial charge >= 0.3 is 5.97 Å². The molecule has 1 aliphatic rings. The molecule has 1 amide bonds. The third-order valence-electron chi connectivity index (χ3n) is 4.91. The van der Waals surface area contributed by atoms with Gasteiger partial charge in [-0.2, -0.15) is 0 Å². The topological polar surface area (TPSA) is 115 Å². The molecule has 4 N–H and O–H groups in total. The van der Waals surface area contributed by atoms with E-state index in [2.05, 4.69) is 10.1 Å². The first-order valence-corrected chi connectivity index (χ1v) is 9.00. The number of methoxy groups -OCH3 is 1. The van der Waals surface area contributed by atoms with Crippen LogP contribution >= 0.6 is 0 Å². The lowest BCUT2D eigenvalue weighted by Crippen LogP contribution is -2.25. The fourth-order valence-electron chi connectivity index (χ4n) is 3.21. The molecular formula is C21H23N3O4. The van der Waals surface area contributed by atoms with Crippen LogP contribution in [0.2, 0.25) is 0 Å². The highest BCUT2D eigenvalue weighted by Crippen LogP contribution is 2.26. The van der Waals surface area contributed by atoms with E-state index in [0.29, 0.717) is 24.5 Å². The standard InChI is InChI=1S/C21H23N3O4/c1-27-19(25)10-18-16(11-24-21(18)26)12-28-17-8-6-14(7-9-17)13-2-4-15(5-3-13)20(22)23/h2-9,16,18H,10-12H2,1H3,(H3,22,23)(H,24,26). The van der Waals surface area contributed by atoms with Crippen LogP contribution in [0, 0.1) is 17.2 Å². The Kier molecular flexibility index (Phi) is 5.93. The molecule has 146 valence electrons. The molecule has 1 fully saturated rings. The number of carbonyl (C=O) groups is 2. The summed E-state index contributed by atoms with van der Waals surface area (Å²) in [6.45, 7) is 0.828. The molecule has 2 aromatic carbocycles. The van der Waals surface area contributed by atoms with Crippen molar-refractivity contribution in [2.75, 3.05) is 20.3 Å². The lowest BCUT2D eigenvalue weighted by molar-refractivity contribution is -0.144. The lowest BCUT2D eigenvalue weighted by Gasteiger charge is -2.16. The van der Waals surface area contributed by atoms with Gasteiger partial charge in [-0.05, 0) is 23.3 Å². The average Bonchev–Trinajstić information content (AvgIpc) is 3.06. The van der Waals surface area contributed by atoms with Crippen molar-refractivity contribution in [3.8, 4) is 16.9 Å². The molecule has 0 saturated carbocycles. The number of amides is 1. The van der Waals surface area contributed by atoms with Crippen LogP contribution in [0.25, 0.3) is 11.1 Å². The summed E-state index contributed by atoms with van der Waals surface area (Å²) in [4.78, 5) is 23.4. The van der Waals surface area contributed by atoms with Crippen molar-refractivity contribution in [1.82, 2.24) is 5.32 Å². The molecule has 28 heavy (non-hydrogen) atoms. The molecule has 2 aromatic rings. The maximum atomic E-state index is 11.9. The number of rotatable bonds is 7. The summed E-state index contributed by atoms with van der Waals surface area (Å²) >= 11 is 0. The van der Waals surface area contributed by atoms with Crippen LogP contribution in [0.1, 0.15) is 12.0 Å². The predicted octanol–water partition coefficient (Wildman–Crippen LogP) is 1.94. The van der Waals surface area contributed by atoms with E-state index in [4.69, 9.17) is 15.9 Å². The Morgan fingerprint density at radius 3 is 2.32 bits per heavy atom. The summed E-state index contributed by atoms with van der Waals surface area (Å²) in [5.41, 5.74) is 8.19. The number of hydrogen-bond donors (Lipinski definition) is 3. The van der Waals surface area contributed by atoms with Gasteiger partial charge in [0.1, 0.15) is 11.6 Å². The second-order valence-electron chi connectivity index (χ2n) is 6.72. The fourth-order valence-corrected chi connectivity index (χ4v) is 3.21. The number of hydrogen-bond acceptors (Lipinski definition) is 5. The smallest absolute Gasteiger partial charge is 0.306 e. The quantitative estimate of drug-likeness (QED) is 0.385. The van der Waals surface area contributed by atoms with E-state index in [1.807, 2.05) is 48.5 Å². The molecule has 0 aliphatic carbocycles. The molecule has 3 rings (SSSR count). The fraction of sp³-hybridized carbons (Fsp3) is 0.286. The minimum atomic E-state index is -0.425. The van der Waals surface area contributed by atoms with Crippen LogP contribution in [0.5, 0.6) is 5.75 Å². The predicted molar refractivity (Wildman–Crippen MR) is 105 cm³/mol. The maximum Gasteiger partial charge on any atom is 0.306 e. The summed E-state index contributed by atoms with van der Waals surface area (Å²) < 4.78 is 10.5. The van der Waals surface area contributed by atoms with Crippen molar-refractivity contribution in [2.24, 2.45) is 17.6 Å². The summed E-state index contributed by atoms with van der Waals surface area (Å²) in [5.74, 6) is -0.298. The highest BCUT2D eigenvalue weighted by Gasteiger charge is 2.36. The Balaban J connectivity index is 1.60. The zero-order valence-corrected chi connectivity index (χ0v) is 15.6. The van der Waals surface area contributed by atoms with Crippen molar-refractivity contribution >= 4 is 17.7 Å². The molecular weight excluding hydrogens is 358 g/mol. The second kappa shape index (κ2) is 8.56. The number of nitrogens with one attached hydrogen (secondary N) is 2. The van der Waals surface area contributed by atoms with Gasteiger partial charge < -0.3 is 20.5 Å². The molecule has 0 aromatic heterocycles. The van der Waals surface area contributed by atoms with E-state index in [9.17, 15) is 9.59 Å². The van der Waals surface area contributed by atoms with E-state index in [0.717, 1.165) is 11.1 Å². The first kappa shape index (κ1) is 19.4. The van der Waals surface area contributed by atoms with E-state index >= 15 is 0 Å². The Morgan fingerprint density at radius 2 is 1.75 bits per heavy atom. The van der Waals surface area contributed by atoms with Crippen molar-refractivity contribution in [3.05, 3.63) is 54.1 Å². The van der Waals surface area contributed by atoms with Gasteiger partial charge in [-0.15, -0.1) is 0 Å². The van der Waals surface area contributed by atoms with Crippen LogP contribution in [-0.2, 0) is 14.3 Å². The largest absolute Gasteiger partial charge is 0.493 e. The number of carbonyl (C=O) groups excluding carboxylic acids is 2. The summed E-state index contributed by atoms with van der Waals surface area (Å²) in [6, 6.07) is 15.1. The van der Waals surface area contributed by atoms with Crippen LogP contribution < -0.4 is 15.8 Å². The Labute approximate surface area is 163 Å². The van der Waals surface area contributed by atoms with Gasteiger partial charge in [-0.1, -0.05) is 36.4 Å². The average molecular weight is 381 g/mol. The molecule has 0 radical (unpaired) electrons. The number of nitrogen functional groups attached to an aromatic ring is 1. The van der Waals surface area contributed by atoms with Gasteiger partial charge in [0.25, 0.3) is 0 Å². The van der Waals surface area contributed by atoms with Gasteiger partial charge in [-0.25, -0.2) is 0 Å². The van der Waals surface area contributed by atoms with Gasteiger partial charge in [-0.3, -0.25) is 15.0 Å². The van der Waals surface area contributed by atoms with Gasteiger partial charge in [0.2, 0.25) is 5.91 Å². The number of ether oxygens (including phenoxy) is 2. The zero-order valence-electron chi connectivity index (χ0n) is 15.6. The van der Waals surface area contributed by atoms with Crippen molar-refractivity contribution in [2.45, 2.75) is 6.42 Å². The molecule has 7 heteroatoms. The molecule has 1 saturated heterocycles. The Bertz CT molecular complexity index is 862. The molecule has 0 bridgehead atoms. The molecule has 2 unspecified atom stereocenters. The SMILES string of the molecule is COC(=O)CC1C(=O)NCC1COc1ccc(-c2ccc(C(=N)N)cc2)cc1. The first-order chi connectivity index (χ1) is 13.5. The Morgan fingerprint density at radius 1 is 1.14 bits per heavy atom. The van der Waals surface area contributed by atoms with Crippen LogP contribution in [0.3, 0.4) is 0 Å². The van der Waals surface area contributed by atoms with Crippen LogP contribution in [-0.4, -0.2) is 38.0 Å². The minimum Gasteiger partial charge on any atom is -0.493 e. The van der Waals surface area contributed by atoms with Crippen molar-refractivity contribution in [3.63, 3.8) is 0 Å². The van der Waals surface area contributed by atoms with Crippen molar-refractivity contribution in [1.29, 1.82) is 5.41 Å². The summed E-state index contributed by atoms with van der Waals surface area (Å²) in [5, 5.41) is 10.2. The molecule has 0 spiro atoms. The zero-order chi connectivity index (χ0) is 20.1. The molecule has 7 nitrogen and oxygen atoms in total. The van der Waals surface area contributed by atoms with Crippen LogP contribution in [0.15, 0.2) is 48.5 Å². The molecule has 1 aliphatic heterocycles. The van der Waals surface area contributed by atoms with E-state index in [1.165, 1.54) is 7.11 Å². The first-order valence-electron chi connectivity index (χ1n) is 9.00. The monoisotopic (exact) mass is 381 g/mol. The highest BCUT2D eigenvalue weighted by atomic mass is 16.5. The number of esters is 1. The number of nitrogens with two attached hydrogens (primary N) is 1. The van der Waals surface area contributed by atoms with E-state index in [1.54, 1.807) is 0 Å². The normalized spacial score (nSPS) is 18.4. The van der Waals surface area contributed by atoms with E-state index < -0.39 is 11.9 Å². The van der Waals surface area contributed by atoms with Crippen LogP contribution in [0.4, 0.5) is 0 Å². The van der Waals surface area contributed by atoms with Gasteiger partial charge in [0.15, 0.2) is 0 Å².